The molecule has 1 heterocycles. The van der Waals surface area contributed by atoms with E-state index in [2.05, 4.69) is 25.2 Å². The number of thiophene rings is 1. The summed E-state index contributed by atoms with van der Waals surface area (Å²) in [5, 5.41) is 12.4. The summed E-state index contributed by atoms with van der Waals surface area (Å²) < 4.78 is 5.28. The van der Waals surface area contributed by atoms with Gasteiger partial charge >= 0.3 is 31.2 Å². The van der Waals surface area contributed by atoms with Crippen LogP contribution in [0.1, 0.15) is 53.1 Å². The Labute approximate surface area is 182 Å². The zero-order chi connectivity index (χ0) is 20.5. The summed E-state index contributed by atoms with van der Waals surface area (Å²) in [5.74, 6) is -0.396. The molecule has 0 radical (unpaired) electrons. The number of aryl methyl sites for hydroxylation is 1. The molecule has 0 bridgehead atoms. The fourth-order valence-electron chi connectivity index (χ4n) is 3.14. The summed E-state index contributed by atoms with van der Waals surface area (Å²) in [6.45, 7) is 3.64. The molecule has 2 aromatic rings. The van der Waals surface area contributed by atoms with E-state index in [1.165, 1.54) is 17.9 Å². The van der Waals surface area contributed by atoms with E-state index in [1.807, 2.05) is 30.3 Å². The Balaban J connectivity index is 0.00000136. The molecule has 28 heavy (non-hydrogen) atoms. The van der Waals surface area contributed by atoms with Crippen LogP contribution in [0.5, 0.6) is 0 Å². The normalized spacial score (nSPS) is 14.0. The number of aliphatic imine (C=N–C) groups is 1. The van der Waals surface area contributed by atoms with Crippen LogP contribution in [0.3, 0.4) is 0 Å². The maximum atomic E-state index is 12.6. The van der Waals surface area contributed by atoms with Gasteiger partial charge in [0, 0.05) is 10.4 Å². The summed E-state index contributed by atoms with van der Waals surface area (Å²) in [7, 11) is 4.20. The van der Waals surface area contributed by atoms with E-state index in [4.69, 9.17) is 9.73 Å². The van der Waals surface area contributed by atoms with Crippen molar-refractivity contribution < 1.29 is 29.7 Å². The molecule has 0 saturated carbocycles. The molecule has 4 nitrogen and oxygen atoms in total. The molecule has 1 aromatic heterocycles. The Morgan fingerprint density at radius 2 is 1.96 bits per heavy atom. The maximum absolute atomic E-state index is 12.6. The Morgan fingerprint density at radius 1 is 1.29 bits per heavy atom. The van der Waals surface area contributed by atoms with Crippen molar-refractivity contribution in [2.75, 3.05) is 6.61 Å². The van der Waals surface area contributed by atoms with Gasteiger partial charge in [0.2, 0.25) is 0 Å². The molecular formula is C21H22ClCuNO3S. The molecule has 3 rings (SSSR count). The van der Waals surface area contributed by atoms with Gasteiger partial charge in [-0.15, -0.1) is 17.1 Å². The predicted molar refractivity (Wildman–Crippen MR) is 109 cm³/mol. The van der Waals surface area contributed by atoms with Crippen molar-refractivity contribution in [2.24, 2.45) is 4.99 Å². The minimum absolute atomic E-state index is 0.0772. The number of fused-ring (bicyclic) bond motifs is 1. The van der Waals surface area contributed by atoms with Gasteiger partial charge in [-0.25, -0.2) is 9.79 Å². The third kappa shape index (κ3) is 5.71. The Morgan fingerprint density at radius 3 is 2.61 bits per heavy atom. The number of rotatable bonds is 5. The molecule has 1 aromatic carbocycles. The number of halogens is 1. The molecule has 0 atom stereocenters. The topological polar surface area (TPSA) is 61.7 Å². The molecule has 153 valence electrons. The molecule has 0 spiro atoms. The number of carbonyl (C=O) groups is 1. The molecule has 0 saturated heterocycles. The summed E-state index contributed by atoms with van der Waals surface area (Å²) in [6, 6.07) is 9.56. The summed E-state index contributed by atoms with van der Waals surface area (Å²) in [4.78, 5) is 18.5. The van der Waals surface area contributed by atoms with Crippen molar-refractivity contribution in [3.63, 3.8) is 0 Å². The Kier molecular flexibility index (Phi) is 9.26. The molecule has 0 fully saturated rings. The fourth-order valence-corrected chi connectivity index (χ4v) is 4.39. The Hall–Kier alpha value is -1.59. The molecule has 1 aliphatic carbocycles. The van der Waals surface area contributed by atoms with Gasteiger partial charge in [-0.05, 0) is 44.2 Å². The van der Waals surface area contributed by atoms with Crippen LogP contribution in [-0.4, -0.2) is 18.3 Å². The molecule has 0 amide bonds. The van der Waals surface area contributed by atoms with Crippen molar-refractivity contribution in [1.82, 2.24) is 0 Å². The van der Waals surface area contributed by atoms with Crippen LogP contribution >= 0.6 is 21.4 Å². The van der Waals surface area contributed by atoms with E-state index in [9.17, 15) is 9.90 Å². The molecular weight excluding hydrogens is 445 g/mol. The van der Waals surface area contributed by atoms with Crippen molar-refractivity contribution in [3.8, 4) is 0 Å². The standard InChI is InChI=1S/C21H23NO3S.ClH.Cu/c1-3-25-21(24)19-16-11-7-8-12-18(16)26-20(19)22-17(13-14(2)23)15-9-5-4-6-10-15;;/h4-6,9-10,13,23H,3,7-8,11-12H2,1-2H3;1H;/q;;+2/p-2/b14-13-,22-17-;;. The predicted octanol–water partition coefficient (Wildman–Crippen LogP) is 4.88. The average molecular weight is 467 g/mol. The zero-order valence-electron chi connectivity index (χ0n) is 15.8. The molecule has 0 N–H and O–H groups in total. The third-order valence-electron chi connectivity index (χ3n) is 4.26. The van der Waals surface area contributed by atoms with E-state index < -0.39 is 0 Å². The van der Waals surface area contributed by atoms with Crippen LogP contribution in [0.2, 0.25) is 0 Å². The van der Waals surface area contributed by atoms with Crippen LogP contribution in [0, 0.1) is 0 Å². The van der Waals surface area contributed by atoms with E-state index in [0.717, 1.165) is 36.8 Å². The first-order valence-electron chi connectivity index (χ1n) is 9.02. The minimum atomic E-state index is -0.319. The molecule has 0 aliphatic heterocycles. The molecule has 7 heteroatoms. The van der Waals surface area contributed by atoms with Gasteiger partial charge in [-0.2, -0.15) is 0 Å². The monoisotopic (exact) mass is 466 g/mol. The number of allylic oxidation sites excluding steroid dienone is 2. The van der Waals surface area contributed by atoms with Gasteiger partial charge in [0.1, 0.15) is 5.00 Å². The van der Waals surface area contributed by atoms with Gasteiger partial charge in [0.05, 0.1) is 17.9 Å². The second kappa shape index (κ2) is 11.4. The van der Waals surface area contributed by atoms with Crippen LogP contribution in [0.4, 0.5) is 5.00 Å². The number of nitrogens with zero attached hydrogens (tertiary/aromatic N) is 1. The number of hydrogen-bond donors (Lipinski definition) is 0. The molecule has 0 unspecified atom stereocenters. The van der Waals surface area contributed by atoms with Gasteiger partial charge in [-0.3, -0.25) is 0 Å². The SMILES string of the molecule is CCOC(=O)c1c(/N=C(/C=C(/C)[O-])c2ccccc2)sc2c1CCCC2.[Cl][Cu+]. The summed E-state index contributed by atoms with van der Waals surface area (Å²) in [5.41, 5.74) is 3.08. The summed E-state index contributed by atoms with van der Waals surface area (Å²) >= 11 is 5.21. The fraction of sp³-hybridized carbons (Fsp3) is 0.333. The summed E-state index contributed by atoms with van der Waals surface area (Å²) in [6.07, 6.45) is 5.57. The Bertz CT molecular complexity index is 858. The van der Waals surface area contributed by atoms with E-state index in [1.54, 1.807) is 18.3 Å². The zero-order valence-corrected chi connectivity index (χ0v) is 18.3. The van der Waals surface area contributed by atoms with Gasteiger partial charge in [0.15, 0.2) is 0 Å². The number of ether oxygens (including phenoxy) is 1. The average Bonchev–Trinajstić information content (AvgIpc) is 3.07. The third-order valence-corrected chi connectivity index (χ3v) is 5.45. The van der Waals surface area contributed by atoms with E-state index >= 15 is 0 Å². The first kappa shape index (κ1) is 22.7. The van der Waals surface area contributed by atoms with Crippen molar-refractivity contribution in [2.45, 2.75) is 39.5 Å². The van der Waals surface area contributed by atoms with Crippen molar-refractivity contribution in [3.05, 3.63) is 63.7 Å². The van der Waals surface area contributed by atoms with Gasteiger partial charge in [0.25, 0.3) is 0 Å². The van der Waals surface area contributed by atoms with Crippen LogP contribution in [0.15, 0.2) is 47.2 Å². The number of carbonyl (C=O) groups excluding carboxylic acids is 1. The first-order valence-corrected chi connectivity index (χ1v) is 11.1. The molecule has 1 aliphatic rings. The van der Waals surface area contributed by atoms with Crippen LogP contribution < -0.4 is 5.11 Å². The van der Waals surface area contributed by atoms with Crippen molar-refractivity contribution in [1.29, 1.82) is 0 Å². The van der Waals surface area contributed by atoms with Gasteiger partial charge < -0.3 is 9.84 Å². The van der Waals surface area contributed by atoms with E-state index in [0.29, 0.717) is 22.9 Å². The van der Waals surface area contributed by atoms with Crippen molar-refractivity contribution >= 4 is 38.1 Å². The van der Waals surface area contributed by atoms with Gasteiger partial charge in [-0.1, -0.05) is 37.3 Å². The number of esters is 1. The quantitative estimate of drug-likeness (QED) is 0.273. The second-order valence-corrected chi connectivity index (χ2v) is 7.31. The second-order valence-electron chi connectivity index (χ2n) is 6.23. The van der Waals surface area contributed by atoms with Crippen LogP contribution in [-0.2, 0) is 32.7 Å². The number of benzene rings is 1. The number of hydrogen-bond acceptors (Lipinski definition) is 5. The first-order chi connectivity index (χ1) is 13.6. The van der Waals surface area contributed by atoms with Crippen LogP contribution in [0.25, 0.3) is 0 Å². The van der Waals surface area contributed by atoms with E-state index in [-0.39, 0.29) is 11.7 Å².